The van der Waals surface area contributed by atoms with Crippen LogP contribution in [0, 0.1) is 0 Å². The number of thiazole rings is 1. The molecule has 8 heteroatoms. The molecule has 2 N–H and O–H groups in total. The Balaban J connectivity index is 1.45. The van der Waals surface area contributed by atoms with Gasteiger partial charge in [0.1, 0.15) is 10.6 Å². The largest absolute Gasteiger partial charge is 0.462 e. The van der Waals surface area contributed by atoms with Gasteiger partial charge in [-0.15, -0.1) is 11.3 Å². The van der Waals surface area contributed by atoms with Gasteiger partial charge in [0, 0.05) is 31.9 Å². The normalized spacial score (nSPS) is 10.7. The van der Waals surface area contributed by atoms with Gasteiger partial charge < -0.3 is 19.6 Å². The minimum absolute atomic E-state index is 0.181. The van der Waals surface area contributed by atoms with Crippen LogP contribution in [0.15, 0.2) is 71.5 Å². The van der Waals surface area contributed by atoms with Gasteiger partial charge in [0.15, 0.2) is 10.8 Å². The number of aromatic nitrogens is 2. The quantitative estimate of drug-likeness (QED) is 0.447. The average Bonchev–Trinajstić information content (AvgIpc) is 3.51. The smallest absolute Gasteiger partial charge is 0.267 e. The molecule has 0 aliphatic carbocycles. The van der Waals surface area contributed by atoms with Crippen molar-refractivity contribution in [3.05, 3.63) is 77.6 Å². The molecule has 152 valence electrons. The zero-order valence-corrected chi connectivity index (χ0v) is 17.1. The minimum atomic E-state index is -0.239. The molecule has 4 aromatic rings. The Morgan fingerprint density at radius 3 is 2.43 bits per heavy atom. The van der Waals surface area contributed by atoms with Crippen molar-refractivity contribution in [3.63, 3.8) is 0 Å². The van der Waals surface area contributed by atoms with Gasteiger partial charge >= 0.3 is 0 Å². The van der Waals surface area contributed by atoms with Gasteiger partial charge in [0.2, 0.25) is 0 Å². The van der Waals surface area contributed by atoms with Gasteiger partial charge in [0.05, 0.1) is 12.0 Å². The summed E-state index contributed by atoms with van der Waals surface area (Å²) in [6.07, 6.45) is 3.39. The summed E-state index contributed by atoms with van der Waals surface area (Å²) in [5, 5.41) is 6.31. The standard InChI is InChI=1S/C22H20N4O3S/c1-26-13-5-9-16(26)20(27)23-11-12-24-21(28)19-18(15-7-3-2-4-8-15)25-22(30-19)17-10-6-14-29-17/h2-10,13-14H,11-12H2,1H3,(H,23,27)(H,24,28). The van der Waals surface area contributed by atoms with E-state index in [-0.39, 0.29) is 11.8 Å². The van der Waals surface area contributed by atoms with Crippen LogP contribution in [-0.4, -0.2) is 34.5 Å². The second-order valence-corrected chi connectivity index (χ2v) is 7.56. The number of furan rings is 1. The van der Waals surface area contributed by atoms with E-state index in [2.05, 4.69) is 15.6 Å². The Bertz CT molecular complexity index is 1150. The van der Waals surface area contributed by atoms with Crippen molar-refractivity contribution < 1.29 is 14.0 Å². The molecule has 0 saturated heterocycles. The third-order valence-corrected chi connectivity index (χ3v) is 5.55. The highest BCUT2D eigenvalue weighted by Crippen LogP contribution is 2.34. The number of hydrogen-bond donors (Lipinski definition) is 2. The van der Waals surface area contributed by atoms with Gasteiger partial charge in [-0.1, -0.05) is 30.3 Å². The average molecular weight is 420 g/mol. The molecule has 0 aliphatic rings. The summed E-state index contributed by atoms with van der Waals surface area (Å²) in [5.74, 6) is 0.197. The van der Waals surface area contributed by atoms with Crippen molar-refractivity contribution in [2.75, 3.05) is 13.1 Å². The van der Waals surface area contributed by atoms with Gasteiger partial charge in [0.25, 0.3) is 11.8 Å². The third kappa shape index (κ3) is 4.18. The first-order valence-electron chi connectivity index (χ1n) is 9.41. The first-order chi connectivity index (χ1) is 14.6. The predicted octanol–water partition coefficient (Wildman–Crippen LogP) is 3.57. The number of carbonyl (C=O) groups excluding carboxylic acids is 2. The summed E-state index contributed by atoms with van der Waals surface area (Å²) >= 11 is 1.28. The lowest BCUT2D eigenvalue weighted by Gasteiger charge is -2.08. The summed E-state index contributed by atoms with van der Waals surface area (Å²) in [6, 6.07) is 16.7. The van der Waals surface area contributed by atoms with Crippen molar-refractivity contribution in [3.8, 4) is 22.0 Å². The van der Waals surface area contributed by atoms with Gasteiger partial charge in [-0.2, -0.15) is 0 Å². The van der Waals surface area contributed by atoms with Crippen molar-refractivity contribution in [1.82, 2.24) is 20.2 Å². The van der Waals surface area contributed by atoms with E-state index < -0.39 is 0 Å². The van der Waals surface area contributed by atoms with E-state index in [9.17, 15) is 9.59 Å². The molecular formula is C22H20N4O3S. The Morgan fingerprint density at radius 1 is 1.00 bits per heavy atom. The van der Waals surface area contributed by atoms with Crippen LogP contribution < -0.4 is 10.6 Å². The molecule has 1 aromatic carbocycles. The second-order valence-electron chi connectivity index (χ2n) is 6.56. The maximum Gasteiger partial charge on any atom is 0.267 e. The van der Waals surface area contributed by atoms with Crippen LogP contribution in [0.5, 0.6) is 0 Å². The Labute approximate surface area is 177 Å². The maximum absolute atomic E-state index is 12.9. The Hall–Kier alpha value is -3.65. The van der Waals surface area contributed by atoms with E-state index in [1.807, 2.05) is 55.7 Å². The third-order valence-electron chi connectivity index (χ3n) is 4.49. The SMILES string of the molecule is Cn1cccc1C(=O)NCCNC(=O)c1sc(-c2ccco2)nc1-c1ccccc1. The lowest BCUT2D eigenvalue weighted by atomic mass is 10.1. The number of nitrogens with zero attached hydrogens (tertiary/aromatic N) is 2. The predicted molar refractivity (Wildman–Crippen MR) is 115 cm³/mol. The summed E-state index contributed by atoms with van der Waals surface area (Å²) in [6.45, 7) is 0.622. The number of nitrogens with one attached hydrogen (secondary N) is 2. The Kier molecular flexibility index (Phi) is 5.76. The lowest BCUT2D eigenvalue weighted by Crippen LogP contribution is -2.35. The van der Waals surface area contributed by atoms with E-state index in [1.165, 1.54) is 11.3 Å². The van der Waals surface area contributed by atoms with Crippen LogP contribution in [0.1, 0.15) is 20.2 Å². The van der Waals surface area contributed by atoms with Crippen molar-refractivity contribution in [2.24, 2.45) is 7.05 Å². The molecule has 0 spiro atoms. The van der Waals surface area contributed by atoms with Gasteiger partial charge in [-0.05, 0) is 24.3 Å². The fraction of sp³-hybridized carbons (Fsp3) is 0.136. The topological polar surface area (TPSA) is 89.2 Å². The molecule has 4 rings (SSSR count). The number of hydrogen-bond acceptors (Lipinski definition) is 5. The molecular weight excluding hydrogens is 400 g/mol. The van der Waals surface area contributed by atoms with Crippen molar-refractivity contribution in [2.45, 2.75) is 0 Å². The van der Waals surface area contributed by atoms with Crippen LogP contribution in [-0.2, 0) is 7.05 Å². The molecule has 0 unspecified atom stereocenters. The summed E-state index contributed by atoms with van der Waals surface area (Å²) < 4.78 is 7.18. The minimum Gasteiger partial charge on any atom is -0.462 e. The lowest BCUT2D eigenvalue weighted by molar-refractivity contribution is 0.0925. The maximum atomic E-state index is 12.9. The fourth-order valence-electron chi connectivity index (χ4n) is 2.99. The number of rotatable bonds is 7. The number of amides is 2. The van der Waals surface area contributed by atoms with Crippen molar-refractivity contribution >= 4 is 23.2 Å². The van der Waals surface area contributed by atoms with Gasteiger partial charge in [-0.3, -0.25) is 9.59 Å². The first-order valence-corrected chi connectivity index (χ1v) is 10.2. The second kappa shape index (κ2) is 8.79. The van der Waals surface area contributed by atoms with E-state index in [4.69, 9.17) is 4.42 Å². The van der Waals surface area contributed by atoms with Crippen LogP contribution in [0.4, 0.5) is 0 Å². The van der Waals surface area contributed by atoms with E-state index in [1.54, 1.807) is 23.0 Å². The summed E-state index contributed by atoms with van der Waals surface area (Å²) in [7, 11) is 1.81. The molecule has 0 atom stereocenters. The van der Waals surface area contributed by atoms with E-state index in [0.29, 0.717) is 40.1 Å². The molecule has 0 fully saturated rings. The highest BCUT2D eigenvalue weighted by molar-refractivity contribution is 7.17. The molecule has 3 aromatic heterocycles. The highest BCUT2D eigenvalue weighted by Gasteiger charge is 2.21. The van der Waals surface area contributed by atoms with Gasteiger partial charge in [-0.25, -0.2) is 4.98 Å². The molecule has 0 bridgehead atoms. The van der Waals surface area contributed by atoms with E-state index in [0.717, 1.165) is 5.56 Å². The highest BCUT2D eigenvalue weighted by atomic mass is 32.1. The summed E-state index contributed by atoms with van der Waals surface area (Å²) in [5.41, 5.74) is 2.03. The number of benzene rings is 1. The molecule has 0 radical (unpaired) electrons. The monoisotopic (exact) mass is 420 g/mol. The zero-order chi connectivity index (χ0) is 20.9. The van der Waals surface area contributed by atoms with E-state index >= 15 is 0 Å². The zero-order valence-electron chi connectivity index (χ0n) is 16.3. The van der Waals surface area contributed by atoms with Crippen LogP contribution >= 0.6 is 11.3 Å². The molecule has 30 heavy (non-hydrogen) atoms. The number of aryl methyl sites for hydroxylation is 1. The molecule has 0 aliphatic heterocycles. The van der Waals surface area contributed by atoms with Crippen molar-refractivity contribution in [1.29, 1.82) is 0 Å². The molecule has 2 amide bonds. The molecule has 0 saturated carbocycles. The fourth-order valence-corrected chi connectivity index (χ4v) is 3.96. The van der Waals surface area contributed by atoms with Crippen LogP contribution in [0.2, 0.25) is 0 Å². The molecule has 7 nitrogen and oxygen atoms in total. The molecule has 3 heterocycles. The first kappa shape index (κ1) is 19.7. The number of carbonyl (C=O) groups is 2. The van der Waals surface area contributed by atoms with Crippen LogP contribution in [0.3, 0.4) is 0 Å². The summed E-state index contributed by atoms with van der Waals surface area (Å²) in [4.78, 5) is 30.1. The van der Waals surface area contributed by atoms with Crippen LogP contribution in [0.25, 0.3) is 22.0 Å². The Morgan fingerprint density at radius 2 is 1.77 bits per heavy atom.